The Morgan fingerprint density at radius 2 is 0.607 bits per heavy atom. The number of carboxylic acid groups (broad SMARTS) is 1. The average molecular weight is 1240 g/mol. The van der Waals surface area contributed by atoms with Crippen molar-refractivity contribution in [3.05, 3.63) is 109 Å². The van der Waals surface area contributed by atoms with E-state index >= 15 is 0 Å². The number of likely N-dealkylation sites (N-methyl/N-ethyl adjacent to an activating group) is 1. The molecular formula is C80H139NO8. The van der Waals surface area contributed by atoms with Crippen LogP contribution in [-0.2, 0) is 33.3 Å². The van der Waals surface area contributed by atoms with E-state index in [4.69, 9.17) is 18.9 Å². The van der Waals surface area contributed by atoms with Gasteiger partial charge in [-0.25, -0.2) is 0 Å². The summed E-state index contributed by atoms with van der Waals surface area (Å²) in [7, 11) is 5.94. The smallest absolute Gasteiger partial charge is 0.306 e. The number of nitrogens with zero attached hydrogens (tertiary/aromatic N) is 1. The van der Waals surface area contributed by atoms with Crippen LogP contribution >= 0.6 is 0 Å². The van der Waals surface area contributed by atoms with Gasteiger partial charge in [0.25, 0.3) is 0 Å². The fourth-order valence-electron chi connectivity index (χ4n) is 10.4. The van der Waals surface area contributed by atoms with Crippen molar-refractivity contribution in [3.8, 4) is 0 Å². The van der Waals surface area contributed by atoms with Crippen LogP contribution in [0.4, 0.5) is 0 Å². The van der Waals surface area contributed by atoms with Crippen LogP contribution in [0.2, 0.25) is 0 Å². The number of rotatable bonds is 68. The Hall–Kier alpha value is -4.05. The fourth-order valence-corrected chi connectivity index (χ4v) is 10.4. The zero-order valence-corrected chi connectivity index (χ0v) is 58.5. The molecule has 0 spiro atoms. The number of carbonyl (C=O) groups is 3. The highest BCUT2D eigenvalue weighted by Crippen LogP contribution is 2.18. The molecule has 9 heteroatoms. The SMILES string of the molecule is CC/C=C\C/C=C\C/C=C\C/C=C\C/C=C\CCCCCCCCCCCCCCCCCCCC(=O)OC(COC(=O)CCCCCCCCCCCCCCCCCCCC/C=C\C/C=C\C/C=C\C/C=C\CC)COC(OCC[N+](C)(C)C)C(=O)[O-]. The third kappa shape index (κ3) is 71.3. The van der Waals surface area contributed by atoms with Crippen LogP contribution in [0.1, 0.15) is 322 Å². The number of esters is 2. The summed E-state index contributed by atoms with van der Waals surface area (Å²) in [6.07, 6.45) is 94.7. The van der Waals surface area contributed by atoms with Crippen molar-refractivity contribution < 1.29 is 42.9 Å². The van der Waals surface area contributed by atoms with Crippen molar-refractivity contribution in [2.75, 3.05) is 47.5 Å². The number of ether oxygens (including phenoxy) is 4. The highest BCUT2D eigenvalue weighted by Gasteiger charge is 2.22. The lowest BCUT2D eigenvalue weighted by molar-refractivity contribution is -0.870. The van der Waals surface area contributed by atoms with Gasteiger partial charge in [-0.15, -0.1) is 0 Å². The Morgan fingerprint density at radius 3 is 0.899 bits per heavy atom. The molecule has 0 aliphatic rings. The van der Waals surface area contributed by atoms with E-state index in [0.717, 1.165) is 89.9 Å². The average Bonchev–Trinajstić information content (AvgIpc) is 3.64. The number of allylic oxidation sites excluding steroid dienone is 18. The number of aliphatic carboxylic acids is 1. The number of carboxylic acids is 1. The van der Waals surface area contributed by atoms with Gasteiger partial charge in [0, 0.05) is 12.8 Å². The second-order valence-electron chi connectivity index (χ2n) is 25.8. The fraction of sp³-hybridized carbons (Fsp3) is 0.738. The number of hydrogen-bond acceptors (Lipinski definition) is 8. The molecule has 0 bridgehead atoms. The third-order valence-corrected chi connectivity index (χ3v) is 16.0. The molecule has 0 aromatic rings. The highest BCUT2D eigenvalue weighted by atomic mass is 16.7. The minimum Gasteiger partial charge on any atom is -0.545 e. The summed E-state index contributed by atoms with van der Waals surface area (Å²) in [5.41, 5.74) is 0. The monoisotopic (exact) mass is 1240 g/mol. The van der Waals surface area contributed by atoms with Gasteiger partial charge in [0.1, 0.15) is 13.2 Å². The van der Waals surface area contributed by atoms with Gasteiger partial charge >= 0.3 is 11.9 Å². The molecule has 0 N–H and O–H groups in total. The summed E-state index contributed by atoms with van der Waals surface area (Å²) in [6.45, 7) is 4.56. The van der Waals surface area contributed by atoms with Gasteiger partial charge in [0.05, 0.1) is 40.3 Å². The van der Waals surface area contributed by atoms with Gasteiger partial charge in [-0.1, -0.05) is 322 Å². The Kier molecular flexibility index (Phi) is 66.7. The Labute approximate surface area is 549 Å². The Bertz CT molecular complexity index is 1830. The first-order valence-corrected chi connectivity index (χ1v) is 37.0. The van der Waals surface area contributed by atoms with Crippen molar-refractivity contribution in [1.29, 1.82) is 0 Å². The van der Waals surface area contributed by atoms with E-state index in [1.807, 2.05) is 21.1 Å². The van der Waals surface area contributed by atoms with Crippen molar-refractivity contribution >= 4 is 17.9 Å². The predicted octanol–water partition coefficient (Wildman–Crippen LogP) is 22.0. The van der Waals surface area contributed by atoms with E-state index in [2.05, 4.69) is 123 Å². The van der Waals surface area contributed by atoms with E-state index in [1.54, 1.807) is 0 Å². The van der Waals surface area contributed by atoms with Crippen molar-refractivity contribution in [1.82, 2.24) is 0 Å². The van der Waals surface area contributed by atoms with Crippen molar-refractivity contribution in [2.24, 2.45) is 0 Å². The number of quaternary nitrogens is 1. The lowest BCUT2D eigenvalue weighted by Gasteiger charge is -2.26. The molecule has 2 unspecified atom stereocenters. The first kappa shape index (κ1) is 85.0. The second kappa shape index (κ2) is 69.8. The second-order valence-corrected chi connectivity index (χ2v) is 25.8. The van der Waals surface area contributed by atoms with Crippen LogP contribution in [0.3, 0.4) is 0 Å². The maximum atomic E-state index is 13.0. The van der Waals surface area contributed by atoms with E-state index in [-0.39, 0.29) is 32.2 Å². The van der Waals surface area contributed by atoms with Crippen LogP contribution < -0.4 is 5.11 Å². The van der Waals surface area contributed by atoms with E-state index in [9.17, 15) is 19.5 Å². The maximum Gasteiger partial charge on any atom is 0.306 e. The predicted molar refractivity (Wildman–Crippen MR) is 380 cm³/mol. The lowest BCUT2D eigenvalue weighted by Crippen LogP contribution is -2.44. The first-order chi connectivity index (χ1) is 43.6. The zero-order valence-electron chi connectivity index (χ0n) is 58.5. The standard InChI is InChI=1S/C80H139NO8/c1-6-8-10-12-14-16-18-20-22-24-26-28-30-32-34-36-38-39-41-43-45-47-49-51-53-55-57-59-61-63-65-67-69-71-78(83)89-76(75-88-80(79(84)85)86-73-72-81(3,4)5)74-87-77(82)70-68-66-64-62-60-58-56-54-52-50-48-46-44-42-40-37-35-33-31-29-27-25-23-21-19-17-15-13-11-9-7-2/h8-11,14-17,20-23,26-29,32,34,76,80H,6-7,12-13,18-19,24-25,30-31,33,35-75H2,1-5H3/b10-8-,11-9-,16-14-,17-15-,22-20-,23-21-,28-26-,29-27-,34-32-. The Morgan fingerprint density at radius 1 is 0.337 bits per heavy atom. The largest absolute Gasteiger partial charge is 0.545 e. The van der Waals surface area contributed by atoms with Gasteiger partial charge in [0.2, 0.25) is 0 Å². The molecule has 0 saturated carbocycles. The summed E-state index contributed by atoms with van der Waals surface area (Å²) in [6, 6.07) is 0. The van der Waals surface area contributed by atoms with Gasteiger partial charge in [0.15, 0.2) is 12.4 Å². The summed E-state index contributed by atoms with van der Waals surface area (Å²) in [5, 5.41) is 11.8. The molecule has 0 aromatic heterocycles. The van der Waals surface area contributed by atoms with Gasteiger partial charge in [-0.3, -0.25) is 9.59 Å². The molecule has 0 saturated heterocycles. The van der Waals surface area contributed by atoms with Crippen LogP contribution in [0.15, 0.2) is 109 Å². The molecule has 512 valence electrons. The van der Waals surface area contributed by atoms with E-state index in [1.165, 1.54) is 199 Å². The normalized spacial score (nSPS) is 13.3. The first-order valence-electron chi connectivity index (χ1n) is 37.0. The molecule has 0 heterocycles. The zero-order chi connectivity index (χ0) is 64.7. The van der Waals surface area contributed by atoms with Crippen molar-refractivity contribution in [2.45, 2.75) is 334 Å². The van der Waals surface area contributed by atoms with Gasteiger partial charge in [-0.2, -0.15) is 0 Å². The molecule has 0 radical (unpaired) electrons. The summed E-state index contributed by atoms with van der Waals surface area (Å²) in [4.78, 5) is 37.6. The molecule has 0 rings (SSSR count). The summed E-state index contributed by atoms with van der Waals surface area (Å²) in [5.74, 6) is -2.27. The van der Waals surface area contributed by atoms with Gasteiger partial charge < -0.3 is 33.3 Å². The molecule has 89 heavy (non-hydrogen) atoms. The number of unbranched alkanes of at least 4 members (excludes halogenated alkanes) is 35. The molecule has 0 aliphatic heterocycles. The molecule has 2 atom stereocenters. The topological polar surface area (TPSA) is 111 Å². The molecular weight excluding hydrogens is 1100 g/mol. The van der Waals surface area contributed by atoms with Crippen LogP contribution in [0.5, 0.6) is 0 Å². The van der Waals surface area contributed by atoms with Crippen LogP contribution in [0.25, 0.3) is 0 Å². The maximum absolute atomic E-state index is 13.0. The van der Waals surface area contributed by atoms with E-state index < -0.39 is 24.3 Å². The minimum atomic E-state index is -1.63. The molecule has 0 fully saturated rings. The van der Waals surface area contributed by atoms with E-state index in [0.29, 0.717) is 23.9 Å². The van der Waals surface area contributed by atoms with Crippen LogP contribution in [0, 0.1) is 0 Å². The minimum absolute atomic E-state index is 0.146. The quantitative estimate of drug-likeness (QED) is 0.0195. The molecule has 0 aliphatic carbocycles. The van der Waals surface area contributed by atoms with Crippen molar-refractivity contribution in [3.63, 3.8) is 0 Å². The highest BCUT2D eigenvalue weighted by molar-refractivity contribution is 5.70. The molecule has 9 nitrogen and oxygen atoms in total. The van der Waals surface area contributed by atoms with Gasteiger partial charge in [-0.05, 0) is 96.3 Å². The number of carbonyl (C=O) groups excluding carboxylic acids is 3. The summed E-state index contributed by atoms with van der Waals surface area (Å²) < 4.78 is 22.8. The molecule has 0 amide bonds. The molecule has 0 aromatic carbocycles. The Balaban J connectivity index is 4.06. The van der Waals surface area contributed by atoms with Crippen LogP contribution in [-0.4, -0.2) is 82.3 Å². The number of hydrogen-bond donors (Lipinski definition) is 0. The lowest BCUT2D eigenvalue weighted by atomic mass is 10.0. The third-order valence-electron chi connectivity index (χ3n) is 16.0. The summed E-state index contributed by atoms with van der Waals surface area (Å²) >= 11 is 0.